The Morgan fingerprint density at radius 1 is 1.43 bits per heavy atom. The Morgan fingerprint density at radius 3 is 2.86 bits per heavy atom. The molecule has 2 N–H and O–H groups in total. The zero-order chi connectivity index (χ0) is 15.0. The molecule has 112 valence electrons. The average molecular weight is 307 g/mol. The lowest BCUT2D eigenvalue weighted by Gasteiger charge is -2.26. The van der Waals surface area contributed by atoms with Gasteiger partial charge in [-0.15, -0.1) is 11.3 Å². The number of hydrogen-bond donors (Lipinski definition) is 2. The van der Waals surface area contributed by atoms with Gasteiger partial charge in [0.25, 0.3) is 5.91 Å². The molecule has 0 aromatic carbocycles. The highest BCUT2D eigenvalue weighted by atomic mass is 32.1. The van der Waals surface area contributed by atoms with E-state index in [1.54, 1.807) is 4.90 Å². The number of carbonyl (C=O) groups is 3. The van der Waals surface area contributed by atoms with E-state index in [4.69, 9.17) is 0 Å². The molecule has 1 saturated heterocycles. The van der Waals surface area contributed by atoms with Gasteiger partial charge in [0, 0.05) is 19.0 Å². The number of carbonyl (C=O) groups excluding carboxylic acids is 3. The van der Waals surface area contributed by atoms with Crippen molar-refractivity contribution in [1.29, 1.82) is 0 Å². The summed E-state index contributed by atoms with van der Waals surface area (Å²) in [6.07, 6.45) is 1.90. The van der Waals surface area contributed by atoms with Crippen molar-refractivity contribution in [1.82, 2.24) is 10.2 Å². The Kier molecular flexibility index (Phi) is 3.67. The van der Waals surface area contributed by atoms with Crippen LogP contribution in [0.3, 0.4) is 0 Å². The molecular weight excluding hydrogens is 290 g/mol. The normalized spacial score (nSPS) is 18.3. The molecule has 2 heterocycles. The molecule has 1 aromatic rings. The lowest BCUT2D eigenvalue weighted by molar-refractivity contribution is -0.123. The van der Waals surface area contributed by atoms with E-state index in [-0.39, 0.29) is 30.2 Å². The van der Waals surface area contributed by atoms with Gasteiger partial charge in [0.05, 0.1) is 16.4 Å². The van der Waals surface area contributed by atoms with Crippen LogP contribution in [-0.2, 0) is 9.59 Å². The summed E-state index contributed by atoms with van der Waals surface area (Å²) in [5, 5.41) is 6.26. The minimum Gasteiger partial charge on any atom is -0.353 e. The fourth-order valence-corrected chi connectivity index (χ4v) is 3.32. The number of thiophene rings is 1. The number of anilines is 1. The first kappa shape index (κ1) is 14.1. The second-order valence-corrected chi connectivity index (χ2v) is 6.52. The number of piperazine rings is 1. The van der Waals surface area contributed by atoms with E-state index < -0.39 is 0 Å². The molecule has 0 bridgehead atoms. The van der Waals surface area contributed by atoms with E-state index in [1.807, 2.05) is 13.0 Å². The van der Waals surface area contributed by atoms with Crippen LogP contribution in [0.2, 0.25) is 0 Å². The van der Waals surface area contributed by atoms with Gasteiger partial charge in [-0.1, -0.05) is 0 Å². The van der Waals surface area contributed by atoms with E-state index in [1.165, 1.54) is 11.3 Å². The minimum absolute atomic E-state index is 0.0348. The first-order chi connectivity index (χ1) is 10.0. The van der Waals surface area contributed by atoms with Gasteiger partial charge < -0.3 is 15.5 Å². The predicted molar refractivity (Wildman–Crippen MR) is 79.3 cm³/mol. The maximum Gasteiger partial charge on any atom is 0.264 e. The number of aryl methyl sites for hydroxylation is 1. The predicted octanol–water partition coefficient (Wildman–Crippen LogP) is 0.977. The summed E-state index contributed by atoms with van der Waals surface area (Å²) in [6, 6.07) is 1.82. The van der Waals surface area contributed by atoms with Crippen LogP contribution in [-0.4, -0.2) is 42.3 Å². The monoisotopic (exact) mass is 307 g/mol. The van der Waals surface area contributed by atoms with Crippen LogP contribution in [0.5, 0.6) is 0 Å². The molecule has 21 heavy (non-hydrogen) atoms. The van der Waals surface area contributed by atoms with Crippen LogP contribution in [0.15, 0.2) is 6.07 Å². The first-order valence-corrected chi connectivity index (χ1v) is 7.83. The molecule has 0 radical (unpaired) electrons. The van der Waals surface area contributed by atoms with Crippen LogP contribution in [0.1, 0.15) is 28.1 Å². The molecular formula is C14H17N3O3S. The van der Waals surface area contributed by atoms with Crippen molar-refractivity contribution in [2.24, 2.45) is 5.92 Å². The molecule has 6 nitrogen and oxygen atoms in total. The molecule has 1 aliphatic carbocycles. The fraction of sp³-hybridized carbons (Fsp3) is 0.500. The van der Waals surface area contributed by atoms with Gasteiger partial charge in [0.15, 0.2) is 0 Å². The van der Waals surface area contributed by atoms with Crippen molar-refractivity contribution in [3.8, 4) is 0 Å². The van der Waals surface area contributed by atoms with Gasteiger partial charge in [-0.2, -0.15) is 0 Å². The topological polar surface area (TPSA) is 78.5 Å². The number of rotatable bonds is 3. The number of hydrogen-bond acceptors (Lipinski definition) is 4. The van der Waals surface area contributed by atoms with Gasteiger partial charge in [0.2, 0.25) is 11.8 Å². The van der Waals surface area contributed by atoms with Crippen LogP contribution in [0.25, 0.3) is 0 Å². The molecule has 7 heteroatoms. The summed E-state index contributed by atoms with van der Waals surface area (Å²) in [5.74, 6) is -0.102. The smallest absolute Gasteiger partial charge is 0.264 e. The van der Waals surface area contributed by atoms with Crippen molar-refractivity contribution in [3.05, 3.63) is 16.5 Å². The average Bonchev–Trinajstić information content (AvgIpc) is 3.23. The molecule has 3 amide bonds. The van der Waals surface area contributed by atoms with Crippen molar-refractivity contribution in [2.75, 3.05) is 25.0 Å². The summed E-state index contributed by atoms with van der Waals surface area (Å²) >= 11 is 1.28. The van der Waals surface area contributed by atoms with Crippen molar-refractivity contribution in [3.63, 3.8) is 0 Å². The Balaban J connectivity index is 1.72. The quantitative estimate of drug-likeness (QED) is 0.873. The fourth-order valence-electron chi connectivity index (χ4n) is 2.28. The third-order valence-corrected chi connectivity index (χ3v) is 4.77. The van der Waals surface area contributed by atoms with Gasteiger partial charge in [0.1, 0.15) is 0 Å². The van der Waals surface area contributed by atoms with E-state index >= 15 is 0 Å². The molecule has 1 aliphatic heterocycles. The van der Waals surface area contributed by atoms with Gasteiger partial charge >= 0.3 is 0 Å². The second-order valence-electron chi connectivity index (χ2n) is 5.46. The van der Waals surface area contributed by atoms with E-state index in [2.05, 4.69) is 10.6 Å². The van der Waals surface area contributed by atoms with Crippen molar-refractivity contribution < 1.29 is 14.4 Å². The van der Waals surface area contributed by atoms with Crippen LogP contribution < -0.4 is 10.6 Å². The largest absolute Gasteiger partial charge is 0.353 e. The lowest BCUT2D eigenvalue weighted by Crippen LogP contribution is -2.49. The molecule has 0 unspecified atom stereocenters. The molecule has 2 fully saturated rings. The van der Waals surface area contributed by atoms with Gasteiger partial charge in [-0.05, 0) is 31.4 Å². The standard InChI is InChI=1S/C14H17N3O3S/c1-8-6-11(16-13(19)9-2-3-9)21-12(8)14(20)17-5-4-15-10(18)7-17/h6,9H,2-5,7H2,1H3,(H,15,18)(H,16,19). The maximum atomic E-state index is 12.5. The zero-order valence-corrected chi connectivity index (χ0v) is 12.6. The summed E-state index contributed by atoms with van der Waals surface area (Å²) in [4.78, 5) is 37.7. The summed E-state index contributed by atoms with van der Waals surface area (Å²) < 4.78 is 0. The van der Waals surface area contributed by atoms with Crippen LogP contribution >= 0.6 is 11.3 Å². The van der Waals surface area contributed by atoms with Crippen LogP contribution in [0, 0.1) is 12.8 Å². The lowest BCUT2D eigenvalue weighted by atomic mass is 10.2. The highest BCUT2D eigenvalue weighted by molar-refractivity contribution is 7.18. The van der Waals surface area contributed by atoms with E-state index in [0.29, 0.717) is 23.0 Å². The summed E-state index contributed by atoms with van der Waals surface area (Å²) in [7, 11) is 0. The maximum absolute atomic E-state index is 12.5. The Hall–Kier alpha value is -1.89. The third-order valence-electron chi connectivity index (χ3n) is 3.63. The Bertz CT molecular complexity index is 607. The van der Waals surface area contributed by atoms with E-state index in [0.717, 1.165) is 18.4 Å². The Labute approximate surface area is 126 Å². The molecule has 2 aliphatic rings. The van der Waals surface area contributed by atoms with Crippen molar-refractivity contribution in [2.45, 2.75) is 19.8 Å². The Morgan fingerprint density at radius 2 is 2.19 bits per heavy atom. The first-order valence-electron chi connectivity index (χ1n) is 7.02. The SMILES string of the molecule is Cc1cc(NC(=O)C2CC2)sc1C(=O)N1CCNC(=O)C1. The number of nitrogens with zero attached hydrogens (tertiary/aromatic N) is 1. The number of nitrogens with one attached hydrogen (secondary N) is 2. The molecule has 1 aromatic heterocycles. The van der Waals surface area contributed by atoms with Crippen molar-refractivity contribution >= 4 is 34.1 Å². The third kappa shape index (κ3) is 3.07. The van der Waals surface area contributed by atoms with E-state index in [9.17, 15) is 14.4 Å². The highest BCUT2D eigenvalue weighted by Gasteiger charge is 2.30. The van der Waals surface area contributed by atoms with Gasteiger partial charge in [-0.3, -0.25) is 14.4 Å². The zero-order valence-electron chi connectivity index (χ0n) is 11.8. The molecule has 0 atom stereocenters. The minimum atomic E-state index is -0.140. The highest BCUT2D eigenvalue weighted by Crippen LogP contribution is 2.33. The second kappa shape index (κ2) is 5.48. The summed E-state index contributed by atoms with van der Waals surface area (Å²) in [6.45, 7) is 2.95. The molecule has 3 rings (SSSR count). The summed E-state index contributed by atoms with van der Waals surface area (Å²) in [5.41, 5.74) is 0.835. The van der Waals surface area contributed by atoms with Gasteiger partial charge in [-0.25, -0.2) is 0 Å². The van der Waals surface area contributed by atoms with Crippen LogP contribution in [0.4, 0.5) is 5.00 Å². The molecule has 0 spiro atoms. The molecule has 1 saturated carbocycles. The number of amides is 3.